The monoisotopic (exact) mass is 356 g/mol. The second kappa shape index (κ2) is 7.01. The van der Waals surface area contributed by atoms with Crippen molar-refractivity contribution in [3.8, 4) is 0 Å². The second-order valence-electron chi connectivity index (χ2n) is 8.37. The molecule has 0 saturated heterocycles. The van der Waals surface area contributed by atoms with Crippen LogP contribution in [0.15, 0.2) is 60.7 Å². The largest absolute Gasteiger partial charge is 0.358 e. The van der Waals surface area contributed by atoms with Gasteiger partial charge in [-0.3, -0.25) is 4.90 Å². The Labute approximate surface area is 161 Å². The molecule has 0 amide bonds. The van der Waals surface area contributed by atoms with Gasteiger partial charge in [-0.15, -0.1) is 0 Å². The molecule has 0 spiro atoms. The maximum Gasteiger partial charge on any atom is 0.0459 e. The molecule has 2 unspecified atom stereocenters. The number of aromatic amines is 1. The van der Waals surface area contributed by atoms with Crippen LogP contribution in [-0.4, -0.2) is 29.5 Å². The summed E-state index contributed by atoms with van der Waals surface area (Å²) in [5.74, 6) is 1.39. The van der Waals surface area contributed by atoms with Crippen LogP contribution in [0.3, 0.4) is 0 Å². The van der Waals surface area contributed by atoms with E-state index in [0.29, 0.717) is 5.92 Å². The molecule has 3 aromatic rings. The Bertz CT molecular complexity index is 966. The molecule has 5 rings (SSSR count). The lowest BCUT2D eigenvalue weighted by Crippen LogP contribution is -2.35. The SMILES string of the molecule is CC1CC(CN2CC=C(c3ccccc3)CC2)Cc2c1[nH]c1ccccc21. The van der Waals surface area contributed by atoms with Crippen LogP contribution in [0.2, 0.25) is 0 Å². The minimum atomic E-state index is 0.631. The summed E-state index contributed by atoms with van der Waals surface area (Å²) in [5.41, 5.74) is 7.28. The van der Waals surface area contributed by atoms with E-state index in [-0.39, 0.29) is 0 Å². The van der Waals surface area contributed by atoms with Gasteiger partial charge in [-0.05, 0) is 53.9 Å². The predicted molar refractivity (Wildman–Crippen MR) is 114 cm³/mol. The highest BCUT2D eigenvalue weighted by atomic mass is 15.1. The molecule has 1 aliphatic heterocycles. The van der Waals surface area contributed by atoms with Crippen LogP contribution in [0, 0.1) is 5.92 Å². The zero-order valence-electron chi connectivity index (χ0n) is 16.1. The fourth-order valence-corrected chi connectivity index (χ4v) is 5.15. The van der Waals surface area contributed by atoms with Crippen molar-refractivity contribution in [2.45, 2.75) is 32.1 Å². The van der Waals surface area contributed by atoms with Crippen LogP contribution in [0.1, 0.15) is 42.5 Å². The van der Waals surface area contributed by atoms with Crippen LogP contribution < -0.4 is 0 Å². The lowest BCUT2D eigenvalue weighted by atomic mass is 9.80. The van der Waals surface area contributed by atoms with E-state index in [2.05, 4.69) is 77.5 Å². The summed E-state index contributed by atoms with van der Waals surface area (Å²) < 4.78 is 0. The van der Waals surface area contributed by atoms with Gasteiger partial charge in [0, 0.05) is 36.2 Å². The summed E-state index contributed by atoms with van der Waals surface area (Å²) in [7, 11) is 0. The molecule has 1 aliphatic carbocycles. The third kappa shape index (κ3) is 3.23. The van der Waals surface area contributed by atoms with Gasteiger partial charge in [0.25, 0.3) is 0 Å². The first-order valence-corrected chi connectivity index (χ1v) is 10.3. The highest BCUT2D eigenvalue weighted by Gasteiger charge is 2.29. The maximum absolute atomic E-state index is 3.69. The average molecular weight is 357 g/mol. The molecule has 2 heteroatoms. The molecule has 0 fully saturated rings. The number of hydrogen-bond acceptors (Lipinski definition) is 1. The van der Waals surface area contributed by atoms with Gasteiger partial charge < -0.3 is 4.98 Å². The van der Waals surface area contributed by atoms with E-state index in [1.807, 2.05) is 0 Å². The van der Waals surface area contributed by atoms with E-state index in [0.717, 1.165) is 12.5 Å². The first kappa shape index (κ1) is 16.8. The molecule has 1 N–H and O–H groups in total. The molecule has 2 atom stereocenters. The number of H-pyrrole nitrogens is 1. The van der Waals surface area contributed by atoms with Crippen molar-refractivity contribution in [3.63, 3.8) is 0 Å². The fraction of sp³-hybridized carbons (Fsp3) is 0.360. The maximum atomic E-state index is 3.69. The minimum absolute atomic E-state index is 0.631. The van der Waals surface area contributed by atoms with Gasteiger partial charge >= 0.3 is 0 Å². The first-order chi connectivity index (χ1) is 13.3. The van der Waals surface area contributed by atoms with Gasteiger partial charge in [-0.1, -0.05) is 61.5 Å². The Hall–Kier alpha value is -2.32. The summed E-state index contributed by atoms with van der Waals surface area (Å²) in [4.78, 5) is 6.35. The molecular formula is C25H28N2. The van der Waals surface area contributed by atoms with Crippen molar-refractivity contribution in [1.82, 2.24) is 9.88 Å². The van der Waals surface area contributed by atoms with Gasteiger partial charge in [-0.2, -0.15) is 0 Å². The number of nitrogens with one attached hydrogen (secondary N) is 1. The summed E-state index contributed by atoms with van der Waals surface area (Å²) in [6, 6.07) is 19.7. The molecule has 2 aliphatic rings. The van der Waals surface area contributed by atoms with Crippen LogP contribution in [0.4, 0.5) is 0 Å². The Morgan fingerprint density at radius 3 is 2.67 bits per heavy atom. The van der Waals surface area contributed by atoms with Crippen molar-refractivity contribution in [2.24, 2.45) is 5.92 Å². The van der Waals surface area contributed by atoms with Crippen LogP contribution in [-0.2, 0) is 6.42 Å². The highest BCUT2D eigenvalue weighted by molar-refractivity contribution is 5.85. The molecule has 27 heavy (non-hydrogen) atoms. The number of hydrogen-bond donors (Lipinski definition) is 1. The third-order valence-corrected chi connectivity index (χ3v) is 6.47. The molecule has 0 radical (unpaired) electrons. The van der Waals surface area contributed by atoms with Crippen molar-refractivity contribution < 1.29 is 0 Å². The molecular weight excluding hydrogens is 328 g/mol. The quantitative estimate of drug-likeness (QED) is 0.645. The van der Waals surface area contributed by atoms with Crippen molar-refractivity contribution in [1.29, 1.82) is 0 Å². The van der Waals surface area contributed by atoms with E-state index in [1.54, 1.807) is 5.56 Å². The fourth-order valence-electron chi connectivity index (χ4n) is 5.15. The molecule has 0 bridgehead atoms. The van der Waals surface area contributed by atoms with Gasteiger partial charge in [-0.25, -0.2) is 0 Å². The zero-order valence-corrected chi connectivity index (χ0v) is 16.1. The molecule has 138 valence electrons. The molecule has 0 saturated carbocycles. The summed E-state index contributed by atoms with van der Waals surface area (Å²) in [6.45, 7) is 5.90. The topological polar surface area (TPSA) is 19.0 Å². The standard InChI is InChI=1S/C25H28N2/c1-18-15-19(16-23-22-9-5-6-10-24(22)26-25(18)23)17-27-13-11-21(12-14-27)20-7-3-2-4-8-20/h2-11,18-19,26H,12-17H2,1H3. The Balaban J connectivity index is 1.29. The van der Waals surface area contributed by atoms with E-state index in [4.69, 9.17) is 0 Å². The number of nitrogens with zero attached hydrogens (tertiary/aromatic N) is 1. The number of fused-ring (bicyclic) bond motifs is 3. The first-order valence-electron chi connectivity index (χ1n) is 10.3. The van der Waals surface area contributed by atoms with Gasteiger partial charge in [0.2, 0.25) is 0 Å². The molecule has 2 aromatic carbocycles. The van der Waals surface area contributed by atoms with E-state index < -0.39 is 0 Å². The van der Waals surface area contributed by atoms with E-state index in [9.17, 15) is 0 Å². The number of rotatable bonds is 3. The average Bonchev–Trinajstić information content (AvgIpc) is 3.09. The summed E-state index contributed by atoms with van der Waals surface area (Å²) in [5, 5.41) is 1.44. The van der Waals surface area contributed by atoms with Crippen LogP contribution in [0.25, 0.3) is 16.5 Å². The van der Waals surface area contributed by atoms with Crippen molar-refractivity contribution in [2.75, 3.05) is 19.6 Å². The second-order valence-corrected chi connectivity index (χ2v) is 8.37. The Morgan fingerprint density at radius 1 is 1.04 bits per heavy atom. The van der Waals surface area contributed by atoms with Crippen molar-refractivity contribution in [3.05, 3.63) is 77.5 Å². The highest BCUT2D eigenvalue weighted by Crippen LogP contribution is 2.38. The number of aromatic nitrogens is 1. The normalized spacial score (nSPS) is 23.2. The van der Waals surface area contributed by atoms with E-state index >= 15 is 0 Å². The van der Waals surface area contributed by atoms with E-state index in [1.165, 1.54) is 60.1 Å². The minimum Gasteiger partial charge on any atom is -0.358 e. The van der Waals surface area contributed by atoms with Gasteiger partial charge in [0.15, 0.2) is 0 Å². The number of benzene rings is 2. The Morgan fingerprint density at radius 2 is 1.85 bits per heavy atom. The smallest absolute Gasteiger partial charge is 0.0459 e. The Kier molecular flexibility index (Phi) is 4.37. The lowest BCUT2D eigenvalue weighted by Gasteiger charge is -2.34. The molecule has 2 nitrogen and oxygen atoms in total. The molecule has 1 aromatic heterocycles. The van der Waals surface area contributed by atoms with Crippen LogP contribution >= 0.6 is 0 Å². The summed E-state index contributed by atoms with van der Waals surface area (Å²) >= 11 is 0. The lowest BCUT2D eigenvalue weighted by molar-refractivity contribution is 0.231. The summed E-state index contributed by atoms with van der Waals surface area (Å²) in [6.07, 6.45) is 6.13. The third-order valence-electron chi connectivity index (χ3n) is 6.47. The number of para-hydroxylation sites is 1. The zero-order chi connectivity index (χ0) is 18.2. The molecule has 2 heterocycles. The van der Waals surface area contributed by atoms with Crippen molar-refractivity contribution >= 4 is 16.5 Å². The van der Waals surface area contributed by atoms with Gasteiger partial charge in [0.05, 0.1) is 0 Å². The van der Waals surface area contributed by atoms with Crippen LogP contribution in [0.5, 0.6) is 0 Å². The predicted octanol–water partition coefficient (Wildman–Crippen LogP) is 5.62. The van der Waals surface area contributed by atoms with Gasteiger partial charge in [0.1, 0.15) is 0 Å².